The van der Waals surface area contributed by atoms with Gasteiger partial charge in [0.15, 0.2) is 76.0 Å². The minimum Gasteiger partial charge on any atom is -0.360 e. The summed E-state index contributed by atoms with van der Waals surface area (Å²) in [6, 6.07) is 18.4. The van der Waals surface area contributed by atoms with Crippen LogP contribution in [0.15, 0.2) is 66.9 Å². The number of nitrogens with two attached hydrogens (primary N) is 1. The highest BCUT2D eigenvalue weighted by Gasteiger charge is 2.52. The van der Waals surface area contributed by atoms with Crippen LogP contribution in [-0.4, -0.2) is 17.8 Å². The number of pyridine rings is 1. The third-order valence-electron chi connectivity index (χ3n) is 10.3. The Hall–Kier alpha value is -7.47. The molecule has 1 heterocycles. The van der Waals surface area contributed by atoms with Gasteiger partial charge >= 0.3 is 5.91 Å². The SMILES string of the molecule is Fc1c(F)c(F)c([B-](c2c(F)c(F)c(F)c(F)c2F)(c2c(F)c(F)c(F)c(F)c2F)c2c(F)c(F)c(F)c(F)c2F)c(F)c1F.NC(=O)c1cc2ccccc2c[n+]1CC(=O)c1ccccc1. The normalized spacial score (nSPS) is 11.5. The number of Topliss-reactive ketones (excluding diaryl/α,β-unsaturated/α-hetero) is 1. The average molecular weight is 970 g/mol. The fourth-order valence-electron chi connectivity index (χ4n) is 7.32. The maximum Gasteiger partial charge on any atom is 0.313 e. The summed E-state index contributed by atoms with van der Waals surface area (Å²) in [6.45, 7) is 0.0765. The first-order chi connectivity index (χ1) is 31.3. The summed E-state index contributed by atoms with van der Waals surface area (Å²) in [6.07, 6.45) is -5.43. The number of rotatable bonds is 8. The van der Waals surface area contributed by atoms with Crippen LogP contribution in [0.3, 0.4) is 0 Å². The number of primary amides is 1. The Bertz CT molecular complexity index is 2840. The van der Waals surface area contributed by atoms with Crippen molar-refractivity contribution in [2.24, 2.45) is 5.73 Å². The lowest BCUT2D eigenvalue weighted by Gasteiger charge is -2.44. The van der Waals surface area contributed by atoms with Crippen molar-refractivity contribution in [1.82, 2.24) is 0 Å². The van der Waals surface area contributed by atoms with Crippen LogP contribution in [0.25, 0.3) is 10.8 Å². The van der Waals surface area contributed by atoms with E-state index in [9.17, 15) is 62.3 Å². The van der Waals surface area contributed by atoms with Crippen molar-refractivity contribution >= 4 is 50.5 Å². The van der Waals surface area contributed by atoms with E-state index in [-0.39, 0.29) is 12.3 Å². The van der Waals surface area contributed by atoms with Gasteiger partial charge in [-0.05, 0) is 11.5 Å². The number of hydrogen-bond donors (Lipinski definition) is 1. The van der Waals surface area contributed by atoms with Crippen molar-refractivity contribution < 1.29 is 102 Å². The Labute approximate surface area is 359 Å². The molecule has 348 valence electrons. The molecule has 7 aromatic rings. The molecule has 0 aliphatic carbocycles. The highest BCUT2D eigenvalue weighted by Crippen LogP contribution is 2.31. The second kappa shape index (κ2) is 18.1. The molecular formula is C42H15BF20N2O2. The molecule has 0 aliphatic rings. The number of benzene rings is 6. The zero-order valence-corrected chi connectivity index (χ0v) is 32.0. The highest BCUT2D eigenvalue weighted by atomic mass is 19.2. The summed E-state index contributed by atoms with van der Waals surface area (Å²) in [7, 11) is 0. The molecule has 0 bridgehead atoms. The quantitative estimate of drug-likeness (QED) is 0.0420. The Morgan fingerprint density at radius 3 is 0.955 bits per heavy atom. The van der Waals surface area contributed by atoms with Crippen molar-refractivity contribution in [3.63, 3.8) is 0 Å². The first-order valence-electron chi connectivity index (χ1n) is 17.9. The molecule has 0 saturated carbocycles. The van der Waals surface area contributed by atoms with Gasteiger partial charge in [0.1, 0.15) is 52.7 Å². The molecule has 0 unspecified atom stereocenters. The smallest absolute Gasteiger partial charge is 0.313 e. The Morgan fingerprint density at radius 2 is 0.657 bits per heavy atom. The fraction of sp³-hybridized carbons (Fsp3) is 0.0238. The lowest BCUT2D eigenvalue weighted by atomic mass is 9.12. The van der Waals surface area contributed by atoms with Gasteiger partial charge < -0.3 is 5.73 Å². The van der Waals surface area contributed by atoms with Crippen molar-refractivity contribution in [3.05, 3.63) is 194 Å². The number of hydrogen-bond acceptors (Lipinski definition) is 2. The molecule has 7 rings (SSSR count). The van der Waals surface area contributed by atoms with Crippen molar-refractivity contribution in [2.75, 3.05) is 0 Å². The molecule has 6 aromatic carbocycles. The lowest BCUT2D eigenvalue weighted by Crippen LogP contribution is -2.81. The molecule has 1 amide bonds. The van der Waals surface area contributed by atoms with E-state index in [1.807, 2.05) is 42.5 Å². The van der Waals surface area contributed by atoms with Crippen LogP contribution in [0.2, 0.25) is 0 Å². The van der Waals surface area contributed by atoms with Crippen LogP contribution < -0.4 is 32.2 Å². The van der Waals surface area contributed by atoms with E-state index in [2.05, 4.69) is 0 Å². The van der Waals surface area contributed by atoms with Gasteiger partial charge in [-0.2, -0.15) is 4.57 Å². The monoisotopic (exact) mass is 970 g/mol. The minimum atomic E-state index is -7.22. The fourth-order valence-corrected chi connectivity index (χ4v) is 7.32. The third kappa shape index (κ3) is 7.73. The van der Waals surface area contributed by atoms with Crippen molar-refractivity contribution in [2.45, 2.75) is 6.54 Å². The Morgan fingerprint density at radius 1 is 0.388 bits per heavy atom. The van der Waals surface area contributed by atoms with Gasteiger partial charge in [-0.25, -0.2) is 87.8 Å². The predicted octanol–water partition coefficient (Wildman–Crippen LogP) is 7.96. The first-order valence-corrected chi connectivity index (χ1v) is 17.9. The van der Waals surface area contributed by atoms with E-state index in [0.717, 1.165) is 10.8 Å². The number of carbonyl (C=O) groups excluding carboxylic acids is 2. The van der Waals surface area contributed by atoms with E-state index in [4.69, 9.17) is 5.73 Å². The van der Waals surface area contributed by atoms with Gasteiger partial charge in [-0.3, -0.25) is 9.59 Å². The molecule has 0 spiro atoms. The number of amides is 1. The summed E-state index contributed by atoms with van der Waals surface area (Å²) in [5.41, 5.74) is -7.95. The van der Waals surface area contributed by atoms with Crippen LogP contribution in [0.1, 0.15) is 20.8 Å². The molecule has 67 heavy (non-hydrogen) atoms. The third-order valence-corrected chi connectivity index (χ3v) is 10.3. The van der Waals surface area contributed by atoms with Gasteiger partial charge in [-0.15, -0.1) is 21.9 Å². The summed E-state index contributed by atoms with van der Waals surface area (Å²) < 4.78 is 296. The average Bonchev–Trinajstić information content (AvgIpc) is 3.31. The zero-order chi connectivity index (χ0) is 49.9. The molecule has 0 radical (unpaired) electrons. The van der Waals surface area contributed by atoms with Gasteiger partial charge in [0, 0.05) is 17.0 Å². The van der Waals surface area contributed by atoms with Gasteiger partial charge in [0.05, 0.1) is 0 Å². The van der Waals surface area contributed by atoms with Gasteiger partial charge in [0.25, 0.3) is 5.69 Å². The van der Waals surface area contributed by atoms with Gasteiger partial charge in [-0.1, -0.05) is 48.5 Å². The lowest BCUT2D eigenvalue weighted by molar-refractivity contribution is -0.683. The standard InChI is InChI=1S/C24BF20.C18H14N2O2/c26-5-1(6(27)14(35)21(42)13(5)34)25(2-7(28)15(36)22(43)16(37)8(2)29,3-9(30)17(38)23(44)18(39)10(3)31)4-11(32)19(40)24(45)20(41)12(4)33;19-18(22)16-10-14-8-4-5-9-15(14)11-20(16)12-17(21)13-6-2-1-3-7-13/h;1-11H,12H2,(H-,19,22)/q-1;/p+1. The predicted molar refractivity (Wildman–Crippen MR) is 193 cm³/mol. The topological polar surface area (TPSA) is 64.0 Å². The summed E-state index contributed by atoms with van der Waals surface area (Å²) >= 11 is 0. The Balaban J connectivity index is 0.000000279. The van der Waals surface area contributed by atoms with E-state index >= 15 is 35.1 Å². The van der Waals surface area contributed by atoms with E-state index < -0.39 is 150 Å². The molecule has 4 nitrogen and oxygen atoms in total. The van der Waals surface area contributed by atoms with Crippen LogP contribution in [-0.2, 0) is 6.54 Å². The summed E-state index contributed by atoms with van der Waals surface area (Å²) in [4.78, 5) is 24.0. The maximum atomic E-state index is 15.4. The molecule has 25 heteroatoms. The second-order valence-corrected chi connectivity index (χ2v) is 13.9. The van der Waals surface area contributed by atoms with E-state index in [1.54, 1.807) is 29.0 Å². The van der Waals surface area contributed by atoms with E-state index in [0.29, 0.717) is 11.3 Å². The molecular weight excluding hydrogens is 955 g/mol. The van der Waals surface area contributed by atoms with Crippen LogP contribution in [0.5, 0.6) is 0 Å². The number of halogens is 20. The maximum absolute atomic E-state index is 15.4. The largest absolute Gasteiger partial charge is 0.360 e. The van der Waals surface area contributed by atoms with Crippen LogP contribution >= 0.6 is 0 Å². The molecule has 0 saturated heterocycles. The number of ketones is 1. The van der Waals surface area contributed by atoms with E-state index in [1.165, 1.54) is 0 Å². The van der Waals surface area contributed by atoms with Crippen LogP contribution in [0, 0.1) is 116 Å². The number of aromatic nitrogens is 1. The Kier molecular flexibility index (Phi) is 13.2. The number of nitrogens with zero attached hydrogens (tertiary/aromatic N) is 1. The molecule has 0 fully saturated rings. The molecule has 0 aliphatic heterocycles. The van der Waals surface area contributed by atoms with Gasteiger partial charge in [0.2, 0.25) is 12.3 Å². The second-order valence-electron chi connectivity index (χ2n) is 13.9. The first kappa shape index (κ1) is 49.0. The summed E-state index contributed by atoms with van der Waals surface area (Å²) in [5, 5.41) is 1.87. The van der Waals surface area contributed by atoms with Crippen LogP contribution in [0.4, 0.5) is 87.8 Å². The summed E-state index contributed by atoms with van der Waals surface area (Å²) in [5.74, 6) is -72.0. The highest BCUT2D eigenvalue weighted by molar-refractivity contribution is 7.20. The van der Waals surface area contributed by atoms with Crippen molar-refractivity contribution in [3.8, 4) is 0 Å². The van der Waals surface area contributed by atoms with Crippen molar-refractivity contribution in [1.29, 1.82) is 0 Å². The molecule has 1 aromatic heterocycles. The number of fused-ring (bicyclic) bond motifs is 1. The number of carbonyl (C=O) groups is 2. The molecule has 0 atom stereocenters. The zero-order valence-electron chi connectivity index (χ0n) is 32.0. The minimum absolute atomic E-state index is 0.0663. The molecule has 2 N–H and O–H groups in total.